The molecule has 2 N–H and O–H groups in total. The molecule has 174 valence electrons. The number of hydrazone groups is 2. The topological polar surface area (TPSA) is 67.2 Å². The Bertz CT molecular complexity index is 479. The molecule has 0 rings (SSSR count). The molecule has 0 aromatic heterocycles. The summed E-state index contributed by atoms with van der Waals surface area (Å²) in [6.45, 7) is 9.35. The maximum atomic E-state index is 5.48. The average Bonchev–Trinajstić information content (AvgIpc) is 2.74. The van der Waals surface area contributed by atoms with Gasteiger partial charge in [-0.1, -0.05) is 78.1 Å². The molecule has 30 heavy (non-hydrogen) atoms. The van der Waals surface area contributed by atoms with Gasteiger partial charge in [-0.05, 0) is 51.1 Å². The van der Waals surface area contributed by atoms with Crippen molar-refractivity contribution in [1.29, 1.82) is 0 Å². The Labute approximate surface area is 194 Å². The number of rotatable bonds is 17. The van der Waals surface area contributed by atoms with E-state index in [1.54, 1.807) is 0 Å². The zero-order chi connectivity index (χ0) is 22.5. The van der Waals surface area contributed by atoms with E-state index in [0.29, 0.717) is 24.6 Å². The molecular formula is C22H42N4O2S2. The molecule has 0 atom stereocenters. The normalized spacial score (nSPS) is 11.9. The Morgan fingerprint density at radius 1 is 0.600 bits per heavy atom. The number of nitrogens with zero attached hydrogens (tertiary/aromatic N) is 2. The number of thiocarbonyl (C=S) groups is 2. The van der Waals surface area contributed by atoms with Crippen LogP contribution in [0.15, 0.2) is 10.2 Å². The van der Waals surface area contributed by atoms with Crippen LogP contribution in [0, 0.1) is 0 Å². The lowest BCUT2D eigenvalue weighted by molar-refractivity contribution is 0.287. The lowest BCUT2D eigenvalue weighted by atomic mass is 10.1. The lowest BCUT2D eigenvalue weighted by Gasteiger charge is -2.08. The lowest BCUT2D eigenvalue weighted by Crippen LogP contribution is -2.25. The fourth-order valence-electron chi connectivity index (χ4n) is 2.58. The fourth-order valence-corrected chi connectivity index (χ4v) is 2.84. The van der Waals surface area contributed by atoms with E-state index in [1.165, 1.54) is 64.2 Å². The molecule has 0 aromatic carbocycles. The monoisotopic (exact) mass is 458 g/mol. The number of nitrogens with one attached hydrogen (secondary N) is 2. The molecule has 0 aromatic rings. The van der Waals surface area contributed by atoms with Gasteiger partial charge in [0.15, 0.2) is 0 Å². The van der Waals surface area contributed by atoms with Gasteiger partial charge in [0.1, 0.15) is 0 Å². The van der Waals surface area contributed by atoms with Crippen molar-refractivity contribution in [2.75, 3.05) is 13.2 Å². The first-order valence-electron chi connectivity index (χ1n) is 11.5. The van der Waals surface area contributed by atoms with E-state index in [4.69, 9.17) is 33.9 Å². The van der Waals surface area contributed by atoms with Gasteiger partial charge in [-0.15, -0.1) is 0 Å². The third kappa shape index (κ3) is 18.7. The quantitative estimate of drug-likeness (QED) is 0.116. The Morgan fingerprint density at radius 2 is 0.933 bits per heavy atom. The largest absolute Gasteiger partial charge is 0.470 e. The van der Waals surface area contributed by atoms with Gasteiger partial charge >= 0.3 is 0 Å². The van der Waals surface area contributed by atoms with Gasteiger partial charge in [-0.25, -0.2) is 10.9 Å². The number of unbranched alkanes of at least 4 members (excludes halogenated alkanes) is 10. The first-order valence-corrected chi connectivity index (χ1v) is 12.3. The second-order valence-electron chi connectivity index (χ2n) is 7.43. The average molecular weight is 459 g/mol. The molecule has 0 aliphatic heterocycles. The molecule has 0 fully saturated rings. The maximum absolute atomic E-state index is 5.48. The Kier molecular flexibility index (Phi) is 20.1. The van der Waals surface area contributed by atoms with E-state index < -0.39 is 0 Å². The van der Waals surface area contributed by atoms with Crippen molar-refractivity contribution in [3.63, 3.8) is 0 Å². The van der Waals surface area contributed by atoms with Gasteiger partial charge in [0, 0.05) is 0 Å². The van der Waals surface area contributed by atoms with Crippen LogP contribution in [0.1, 0.15) is 105 Å². The minimum absolute atomic E-state index is 0.279. The minimum atomic E-state index is 0.279. The minimum Gasteiger partial charge on any atom is -0.470 e. The summed E-state index contributed by atoms with van der Waals surface area (Å²) < 4.78 is 11.0. The second kappa shape index (κ2) is 21.0. The first kappa shape index (κ1) is 28.7. The van der Waals surface area contributed by atoms with E-state index in [-0.39, 0.29) is 10.3 Å². The molecule has 8 heteroatoms. The van der Waals surface area contributed by atoms with Crippen LogP contribution in [0.5, 0.6) is 0 Å². The molecule has 0 radical (unpaired) electrons. The smallest absolute Gasteiger partial charge is 0.277 e. The molecule has 0 spiro atoms. The van der Waals surface area contributed by atoms with Crippen molar-refractivity contribution in [2.45, 2.75) is 105 Å². The van der Waals surface area contributed by atoms with Gasteiger partial charge in [-0.2, -0.15) is 10.2 Å². The highest BCUT2D eigenvalue weighted by Gasteiger charge is 2.01. The molecule has 6 nitrogen and oxygen atoms in total. The molecule has 0 heterocycles. The zero-order valence-electron chi connectivity index (χ0n) is 19.4. The Hall–Kier alpha value is -1.28. The molecule has 0 saturated carbocycles. The summed E-state index contributed by atoms with van der Waals surface area (Å²) in [5.74, 6) is 0. The molecule has 0 saturated heterocycles. The van der Waals surface area contributed by atoms with Crippen LogP contribution in [-0.2, 0) is 9.47 Å². The number of hydrogen-bond acceptors (Lipinski definition) is 6. The summed E-state index contributed by atoms with van der Waals surface area (Å²) in [6.07, 6.45) is 14.6. The van der Waals surface area contributed by atoms with Gasteiger partial charge in [-0.3, -0.25) is 0 Å². The van der Waals surface area contributed by atoms with Crippen molar-refractivity contribution < 1.29 is 9.47 Å². The van der Waals surface area contributed by atoms with Crippen molar-refractivity contribution in [1.82, 2.24) is 10.9 Å². The summed E-state index contributed by atoms with van der Waals surface area (Å²) in [5, 5.41) is 8.95. The predicted molar refractivity (Wildman–Crippen MR) is 136 cm³/mol. The van der Waals surface area contributed by atoms with Gasteiger partial charge in [0.25, 0.3) is 10.3 Å². The summed E-state index contributed by atoms with van der Waals surface area (Å²) in [7, 11) is 0. The predicted octanol–water partition coefficient (Wildman–Crippen LogP) is 6.24. The van der Waals surface area contributed by atoms with Gasteiger partial charge < -0.3 is 9.47 Å². The summed E-state index contributed by atoms with van der Waals surface area (Å²) >= 11 is 10.3. The van der Waals surface area contributed by atoms with Crippen LogP contribution >= 0.6 is 24.4 Å². The van der Waals surface area contributed by atoms with Crippen LogP contribution in [0.3, 0.4) is 0 Å². The van der Waals surface area contributed by atoms with E-state index in [0.717, 1.165) is 12.8 Å². The highest BCUT2D eigenvalue weighted by molar-refractivity contribution is 7.80. The van der Waals surface area contributed by atoms with Crippen LogP contribution in [-0.4, -0.2) is 35.0 Å². The van der Waals surface area contributed by atoms with Crippen molar-refractivity contribution in [3.8, 4) is 0 Å². The molecular weight excluding hydrogens is 416 g/mol. The molecule has 0 bridgehead atoms. The van der Waals surface area contributed by atoms with Crippen LogP contribution in [0.2, 0.25) is 0 Å². The Balaban J connectivity index is 3.90. The molecule has 0 aliphatic rings. The van der Waals surface area contributed by atoms with E-state index in [1.807, 2.05) is 13.8 Å². The molecule has 0 amide bonds. The fraction of sp³-hybridized carbons (Fsp3) is 0.818. The Morgan fingerprint density at radius 3 is 1.30 bits per heavy atom. The van der Waals surface area contributed by atoms with Crippen LogP contribution in [0.25, 0.3) is 0 Å². The van der Waals surface area contributed by atoms with Gasteiger partial charge in [0.2, 0.25) is 0 Å². The third-order valence-electron chi connectivity index (χ3n) is 4.62. The summed E-state index contributed by atoms with van der Waals surface area (Å²) in [6, 6.07) is 0. The van der Waals surface area contributed by atoms with Crippen molar-refractivity contribution in [3.05, 3.63) is 0 Å². The van der Waals surface area contributed by atoms with E-state index >= 15 is 0 Å². The van der Waals surface area contributed by atoms with Crippen molar-refractivity contribution in [2.24, 2.45) is 10.2 Å². The maximum Gasteiger partial charge on any atom is 0.277 e. The standard InChI is InChI=1S/C22H42N4O2S2/c1-5-7-9-11-13-15-17-27-21(29)25-23-19(3)20(4)24-26-22(30)28-18-16-14-12-10-8-6-2/h5-18H2,1-4H3,(H,25,29)(H,26,30). The number of hydrogen-bond donors (Lipinski definition) is 2. The van der Waals surface area contributed by atoms with Crippen LogP contribution in [0.4, 0.5) is 0 Å². The summed E-state index contributed by atoms with van der Waals surface area (Å²) in [4.78, 5) is 0. The molecule has 0 aliphatic carbocycles. The highest BCUT2D eigenvalue weighted by Crippen LogP contribution is 2.05. The third-order valence-corrected chi connectivity index (χ3v) is 5.03. The highest BCUT2D eigenvalue weighted by atomic mass is 32.1. The molecule has 0 unspecified atom stereocenters. The van der Waals surface area contributed by atoms with Crippen molar-refractivity contribution >= 4 is 46.2 Å². The zero-order valence-corrected chi connectivity index (χ0v) is 21.1. The summed E-state index contributed by atoms with van der Waals surface area (Å²) in [5.41, 5.74) is 6.87. The number of ether oxygens (including phenoxy) is 2. The van der Waals surface area contributed by atoms with E-state index in [2.05, 4.69) is 34.9 Å². The second-order valence-corrected chi connectivity index (χ2v) is 8.17. The first-order chi connectivity index (χ1) is 14.5. The van der Waals surface area contributed by atoms with Gasteiger partial charge in [0.05, 0.1) is 24.6 Å². The SMILES string of the molecule is CCCCCCCCOC(=S)NN=C(C)C(C)=NNC(=S)OCCCCCCCC. The van der Waals surface area contributed by atoms with E-state index in [9.17, 15) is 0 Å². The van der Waals surface area contributed by atoms with Crippen LogP contribution < -0.4 is 10.9 Å².